The van der Waals surface area contributed by atoms with Crippen molar-refractivity contribution in [1.82, 2.24) is 0 Å². The van der Waals surface area contributed by atoms with Gasteiger partial charge < -0.3 is 24.7 Å². The highest BCUT2D eigenvalue weighted by molar-refractivity contribution is 6.06. The van der Waals surface area contributed by atoms with Crippen molar-refractivity contribution in [2.24, 2.45) is 11.1 Å². The summed E-state index contributed by atoms with van der Waals surface area (Å²) in [6.45, 7) is 5.29. The van der Waals surface area contributed by atoms with Crippen LogP contribution in [0.4, 0.5) is 18.9 Å². The van der Waals surface area contributed by atoms with E-state index >= 15 is 0 Å². The number of hydrogen-bond acceptors (Lipinski definition) is 8. The molecule has 0 saturated carbocycles. The first-order valence-electron chi connectivity index (χ1n) is 13.0. The van der Waals surface area contributed by atoms with Crippen LogP contribution < -0.4 is 24.8 Å². The fraction of sp³-hybridized carbons (Fsp3) is 0.400. The number of ketones is 1. The van der Waals surface area contributed by atoms with Gasteiger partial charge in [0.2, 0.25) is 5.75 Å². The third kappa shape index (κ3) is 5.32. The number of carbonyl (C=O) groups excluding carboxylic acids is 2. The van der Waals surface area contributed by atoms with Crippen LogP contribution in [0, 0.1) is 5.41 Å². The SMILES string of the molecule is CCOC(=O)C1=C(N)N(c2ccccc2C(F)(F)F)C2=C(C(=O)CC(C)(C)C2)C1c1cc(OC)c(OC)c(OC)c1. The van der Waals surface area contributed by atoms with Crippen LogP contribution in [-0.4, -0.2) is 39.7 Å². The molecule has 2 aliphatic rings. The van der Waals surface area contributed by atoms with Crippen LogP contribution in [0.25, 0.3) is 0 Å². The van der Waals surface area contributed by atoms with Gasteiger partial charge in [0.05, 0.1) is 50.7 Å². The highest BCUT2D eigenvalue weighted by Crippen LogP contribution is 2.53. The second kappa shape index (κ2) is 11.0. The van der Waals surface area contributed by atoms with Crippen LogP contribution in [0.15, 0.2) is 59.1 Å². The van der Waals surface area contributed by atoms with Gasteiger partial charge in [0, 0.05) is 17.7 Å². The molecule has 0 fully saturated rings. The number of halogens is 3. The largest absolute Gasteiger partial charge is 0.493 e. The standard InChI is InChI=1S/C30H33F3N2O6/c1-7-41-28(37)25-23(16-12-21(38-4)26(40-6)22(13-16)39-5)24-19(14-29(2,3)15-20(24)36)35(27(25)34)18-11-9-8-10-17(18)30(31,32)33/h8-13,23H,7,14-15,34H2,1-6H3. The van der Waals surface area contributed by atoms with E-state index in [0.29, 0.717) is 5.56 Å². The van der Waals surface area contributed by atoms with Crippen molar-refractivity contribution >= 4 is 17.4 Å². The first-order valence-corrected chi connectivity index (χ1v) is 13.0. The number of Topliss-reactive ketones (excluding diaryl/α,β-unsaturated/α-hetero) is 1. The van der Waals surface area contributed by atoms with Crippen molar-refractivity contribution in [1.29, 1.82) is 0 Å². The Morgan fingerprint density at radius 3 is 2.20 bits per heavy atom. The van der Waals surface area contributed by atoms with Crippen molar-refractivity contribution in [2.75, 3.05) is 32.8 Å². The molecule has 0 amide bonds. The Labute approximate surface area is 236 Å². The molecule has 0 bridgehead atoms. The molecule has 1 atom stereocenters. The first-order chi connectivity index (χ1) is 19.3. The van der Waals surface area contributed by atoms with E-state index in [1.54, 1.807) is 19.1 Å². The number of para-hydroxylation sites is 1. The summed E-state index contributed by atoms with van der Waals surface area (Å²) in [4.78, 5) is 28.7. The van der Waals surface area contributed by atoms with E-state index in [1.165, 1.54) is 44.4 Å². The lowest BCUT2D eigenvalue weighted by atomic mass is 9.68. The maximum Gasteiger partial charge on any atom is 0.418 e. The van der Waals surface area contributed by atoms with Crippen LogP contribution in [0.5, 0.6) is 17.2 Å². The average Bonchev–Trinajstić information content (AvgIpc) is 2.90. The Bertz CT molecular complexity index is 1420. The lowest BCUT2D eigenvalue weighted by Crippen LogP contribution is -2.44. The number of methoxy groups -OCH3 is 3. The number of nitrogens with zero attached hydrogens (tertiary/aromatic N) is 1. The third-order valence-electron chi connectivity index (χ3n) is 7.23. The third-order valence-corrected chi connectivity index (χ3v) is 7.23. The number of hydrogen-bond donors (Lipinski definition) is 1. The van der Waals surface area contributed by atoms with Gasteiger partial charge in [0.1, 0.15) is 5.82 Å². The number of alkyl halides is 3. The fourth-order valence-electron chi connectivity index (χ4n) is 5.60. The summed E-state index contributed by atoms with van der Waals surface area (Å²) in [7, 11) is 4.28. The Kier molecular flexibility index (Phi) is 8.02. The second-order valence-electron chi connectivity index (χ2n) is 10.6. The number of esters is 1. The normalized spacial score (nSPS) is 18.7. The molecule has 0 spiro atoms. The van der Waals surface area contributed by atoms with Crippen molar-refractivity contribution in [2.45, 2.75) is 45.7 Å². The topological polar surface area (TPSA) is 100 Å². The zero-order valence-corrected chi connectivity index (χ0v) is 23.8. The molecule has 1 aliphatic carbocycles. The van der Waals surface area contributed by atoms with E-state index in [9.17, 15) is 22.8 Å². The quantitative estimate of drug-likeness (QED) is 0.420. The minimum absolute atomic E-state index is 0.0242. The summed E-state index contributed by atoms with van der Waals surface area (Å²) >= 11 is 0. The number of benzene rings is 2. The molecule has 2 aromatic carbocycles. The molecular formula is C30H33F3N2O6. The zero-order chi connectivity index (χ0) is 30.3. The van der Waals surface area contributed by atoms with E-state index in [2.05, 4.69) is 0 Å². The van der Waals surface area contributed by atoms with Gasteiger partial charge in [0.15, 0.2) is 17.3 Å². The average molecular weight is 575 g/mol. The van der Waals surface area contributed by atoms with Crippen LogP contribution in [0.1, 0.15) is 50.7 Å². The smallest absolute Gasteiger partial charge is 0.418 e. The molecule has 220 valence electrons. The Morgan fingerprint density at radius 2 is 1.66 bits per heavy atom. The van der Waals surface area contributed by atoms with Gasteiger partial charge in [-0.25, -0.2) is 4.79 Å². The van der Waals surface area contributed by atoms with Crippen molar-refractivity contribution in [3.8, 4) is 17.2 Å². The molecule has 0 saturated heterocycles. The predicted octanol–water partition coefficient (Wildman–Crippen LogP) is 5.71. The van der Waals surface area contributed by atoms with Crippen LogP contribution in [0.2, 0.25) is 0 Å². The number of ether oxygens (including phenoxy) is 4. The number of anilines is 1. The molecular weight excluding hydrogens is 541 g/mol. The van der Waals surface area contributed by atoms with E-state index in [1.807, 2.05) is 13.8 Å². The molecule has 4 rings (SSSR count). The Balaban J connectivity index is 2.12. The second-order valence-corrected chi connectivity index (χ2v) is 10.6. The van der Waals surface area contributed by atoms with E-state index < -0.39 is 29.0 Å². The lowest BCUT2D eigenvalue weighted by molar-refractivity contribution is -0.139. The van der Waals surface area contributed by atoms with Gasteiger partial charge in [-0.1, -0.05) is 26.0 Å². The molecule has 0 radical (unpaired) electrons. The van der Waals surface area contributed by atoms with Crippen molar-refractivity contribution in [3.05, 3.63) is 70.2 Å². The lowest BCUT2D eigenvalue weighted by Gasteiger charge is -2.44. The molecule has 41 heavy (non-hydrogen) atoms. The number of rotatable bonds is 7. The van der Waals surface area contributed by atoms with Crippen LogP contribution >= 0.6 is 0 Å². The molecule has 1 aliphatic heterocycles. The summed E-state index contributed by atoms with van der Waals surface area (Å²) in [5, 5.41) is 0. The summed E-state index contributed by atoms with van der Waals surface area (Å²) in [6.07, 6.45) is -4.40. The van der Waals surface area contributed by atoms with Crippen LogP contribution in [0.3, 0.4) is 0 Å². The predicted molar refractivity (Wildman–Crippen MR) is 146 cm³/mol. The van der Waals surface area contributed by atoms with Crippen molar-refractivity contribution in [3.63, 3.8) is 0 Å². The molecule has 0 aromatic heterocycles. The van der Waals surface area contributed by atoms with Gasteiger partial charge >= 0.3 is 12.1 Å². The number of nitrogens with two attached hydrogens (primary N) is 1. The maximum absolute atomic E-state index is 14.2. The van der Waals surface area contributed by atoms with Gasteiger partial charge in [-0.3, -0.25) is 9.69 Å². The molecule has 2 N–H and O–H groups in total. The van der Waals surface area contributed by atoms with Crippen LogP contribution in [-0.2, 0) is 20.5 Å². The minimum atomic E-state index is -4.73. The molecule has 11 heteroatoms. The van der Waals surface area contributed by atoms with E-state index in [4.69, 9.17) is 24.7 Å². The number of allylic oxidation sites excluding steroid dienone is 2. The maximum atomic E-state index is 14.2. The Hall–Kier alpha value is -4.15. The highest BCUT2D eigenvalue weighted by atomic mass is 19.4. The van der Waals surface area contributed by atoms with Gasteiger partial charge in [0.25, 0.3) is 0 Å². The monoisotopic (exact) mass is 574 g/mol. The number of carbonyl (C=O) groups is 2. The van der Waals surface area contributed by atoms with Gasteiger partial charge in [-0.2, -0.15) is 13.2 Å². The summed E-state index contributed by atoms with van der Waals surface area (Å²) in [5.41, 5.74) is 5.51. The summed E-state index contributed by atoms with van der Waals surface area (Å²) in [6, 6.07) is 8.11. The van der Waals surface area contributed by atoms with E-state index in [-0.39, 0.29) is 70.8 Å². The molecule has 1 unspecified atom stereocenters. The highest BCUT2D eigenvalue weighted by Gasteiger charge is 2.48. The summed E-state index contributed by atoms with van der Waals surface area (Å²) in [5.74, 6) is -1.70. The molecule has 1 heterocycles. The van der Waals surface area contributed by atoms with E-state index in [0.717, 1.165) is 6.07 Å². The Morgan fingerprint density at radius 1 is 1.05 bits per heavy atom. The van der Waals surface area contributed by atoms with Crippen molar-refractivity contribution < 1.29 is 41.7 Å². The molecule has 8 nitrogen and oxygen atoms in total. The fourth-order valence-corrected chi connectivity index (χ4v) is 5.60. The zero-order valence-electron chi connectivity index (χ0n) is 23.8. The summed E-state index contributed by atoms with van der Waals surface area (Å²) < 4.78 is 64.5. The van der Waals surface area contributed by atoms with Gasteiger partial charge in [-0.05, 0) is 48.6 Å². The van der Waals surface area contributed by atoms with Gasteiger partial charge in [-0.15, -0.1) is 0 Å². The minimum Gasteiger partial charge on any atom is -0.493 e. The molecule has 2 aromatic rings. The first kappa shape index (κ1) is 29.8.